The molecule has 0 spiro atoms. The first-order valence-electron chi connectivity index (χ1n) is 7.28. The van der Waals surface area contributed by atoms with Gasteiger partial charge in [-0.05, 0) is 48.5 Å². The third kappa shape index (κ3) is 6.74. The van der Waals surface area contributed by atoms with Gasteiger partial charge in [-0.1, -0.05) is 54.5 Å². The molecule has 0 aromatic rings. The minimum Gasteiger partial charge on any atom is -0.133 e. The minimum absolute atomic E-state index is 0.612. The summed E-state index contributed by atoms with van der Waals surface area (Å²) in [6.45, 7) is 17.8. The van der Waals surface area contributed by atoms with E-state index < -0.39 is 0 Å². The van der Waals surface area contributed by atoms with Crippen molar-refractivity contribution in [1.29, 1.82) is 0 Å². The van der Waals surface area contributed by atoms with Crippen LogP contribution < -0.4 is 0 Å². The second-order valence-electron chi connectivity index (χ2n) is 6.15. The van der Waals surface area contributed by atoms with Gasteiger partial charge in [-0.25, -0.2) is 0 Å². The zero-order valence-corrected chi connectivity index (χ0v) is 12.8. The molecule has 0 fully saturated rings. The molecule has 100 valence electrons. The maximum atomic E-state index is 3.66. The van der Waals surface area contributed by atoms with Crippen LogP contribution in [-0.4, -0.2) is 0 Å². The molecule has 0 N–H and O–H groups in total. The molecule has 0 rings (SSSR count). The van der Waals surface area contributed by atoms with Gasteiger partial charge in [0.25, 0.3) is 0 Å². The topological polar surface area (TPSA) is 0 Å². The fraction of sp³-hybridized carbons (Fsp3) is 0.824. The molecule has 0 heteroatoms. The van der Waals surface area contributed by atoms with Crippen molar-refractivity contribution in [2.24, 2.45) is 29.6 Å². The summed E-state index contributed by atoms with van der Waals surface area (Å²) in [6, 6.07) is 0. The Labute approximate surface area is 109 Å². The van der Waals surface area contributed by atoms with Gasteiger partial charge in [-0.3, -0.25) is 0 Å². The Hall–Kier alpha value is -0.480. The zero-order valence-electron chi connectivity index (χ0n) is 12.8. The van der Waals surface area contributed by atoms with Gasteiger partial charge >= 0.3 is 0 Å². The summed E-state index contributed by atoms with van der Waals surface area (Å²) in [7, 11) is 0. The first kappa shape index (κ1) is 16.5. The van der Waals surface area contributed by atoms with Gasteiger partial charge in [0.1, 0.15) is 0 Å². The highest BCUT2D eigenvalue weighted by atomic mass is 14.3. The van der Waals surface area contributed by atoms with E-state index in [1.165, 1.54) is 19.3 Å². The average Bonchev–Trinajstić information content (AvgIpc) is 2.27. The number of hydrogen-bond donors (Lipinski definition) is 0. The Morgan fingerprint density at radius 1 is 1.00 bits per heavy atom. The molecule has 5 unspecified atom stereocenters. The summed E-state index contributed by atoms with van der Waals surface area (Å²) in [5.74, 6) is 3.91. The standard InChI is InChI=1S/C17H32/c1-8-10-14(4)12-16(6)17(7)15(5)11-13(3)9-2/h10,13-17H,1,9,11-12H2,2-7H3. The highest BCUT2D eigenvalue weighted by Crippen LogP contribution is 2.30. The number of hydrogen-bond acceptors (Lipinski definition) is 0. The summed E-state index contributed by atoms with van der Waals surface area (Å²) >= 11 is 0. The summed E-state index contributed by atoms with van der Waals surface area (Å²) in [6.07, 6.45) is 6.03. The maximum absolute atomic E-state index is 3.66. The minimum atomic E-state index is 0.612. The number of rotatable bonds is 8. The van der Waals surface area contributed by atoms with Gasteiger partial charge < -0.3 is 0 Å². The Balaban J connectivity index is 4.18. The molecular formula is C17H32. The van der Waals surface area contributed by atoms with Gasteiger partial charge in [0.2, 0.25) is 0 Å². The molecule has 0 aliphatic carbocycles. The molecule has 0 radical (unpaired) electrons. The van der Waals surface area contributed by atoms with E-state index in [-0.39, 0.29) is 0 Å². The molecular weight excluding hydrogens is 204 g/mol. The fourth-order valence-corrected chi connectivity index (χ4v) is 2.65. The van der Waals surface area contributed by atoms with E-state index in [0.29, 0.717) is 5.92 Å². The Bertz CT molecular complexity index is 234. The van der Waals surface area contributed by atoms with Crippen molar-refractivity contribution >= 4 is 0 Å². The molecule has 17 heavy (non-hydrogen) atoms. The van der Waals surface area contributed by atoms with Crippen LogP contribution in [0, 0.1) is 29.6 Å². The lowest BCUT2D eigenvalue weighted by Crippen LogP contribution is -2.20. The van der Waals surface area contributed by atoms with Crippen LogP contribution in [-0.2, 0) is 0 Å². The van der Waals surface area contributed by atoms with Crippen molar-refractivity contribution < 1.29 is 0 Å². The monoisotopic (exact) mass is 236 g/mol. The van der Waals surface area contributed by atoms with Gasteiger partial charge in [0.05, 0.1) is 0 Å². The van der Waals surface area contributed by atoms with Crippen LogP contribution in [0.2, 0.25) is 0 Å². The summed E-state index contributed by atoms with van der Waals surface area (Å²) in [5.41, 5.74) is 2.91. The van der Waals surface area contributed by atoms with E-state index in [4.69, 9.17) is 0 Å². The Morgan fingerprint density at radius 2 is 1.53 bits per heavy atom. The second kappa shape index (κ2) is 8.59. The molecule has 0 saturated heterocycles. The molecule has 0 saturated carbocycles. The molecule has 0 aliphatic heterocycles. The summed E-state index contributed by atoms with van der Waals surface area (Å²) in [4.78, 5) is 0. The Morgan fingerprint density at radius 3 is 2.00 bits per heavy atom. The van der Waals surface area contributed by atoms with E-state index in [0.717, 1.165) is 23.7 Å². The molecule has 0 aromatic carbocycles. The molecule has 0 aliphatic rings. The van der Waals surface area contributed by atoms with Crippen LogP contribution in [0.5, 0.6) is 0 Å². The smallest absolute Gasteiger partial charge is 0.0183 e. The van der Waals surface area contributed by atoms with Crippen molar-refractivity contribution in [2.45, 2.75) is 60.8 Å². The van der Waals surface area contributed by atoms with E-state index >= 15 is 0 Å². The molecule has 0 bridgehead atoms. The molecule has 0 amide bonds. The largest absolute Gasteiger partial charge is 0.133 e. The SMILES string of the molecule is C=C=CC(C)CC(C)C(C)C(C)CC(C)CC. The molecule has 5 atom stereocenters. The van der Waals surface area contributed by atoms with Crippen LogP contribution >= 0.6 is 0 Å². The lowest BCUT2D eigenvalue weighted by Gasteiger charge is -2.29. The highest BCUT2D eigenvalue weighted by Gasteiger charge is 2.21. The normalized spacial score (nSPS) is 19.9. The van der Waals surface area contributed by atoms with Crippen molar-refractivity contribution in [2.75, 3.05) is 0 Å². The van der Waals surface area contributed by atoms with Crippen LogP contribution in [0.4, 0.5) is 0 Å². The van der Waals surface area contributed by atoms with Crippen LogP contribution in [0.1, 0.15) is 60.8 Å². The van der Waals surface area contributed by atoms with Crippen LogP contribution in [0.25, 0.3) is 0 Å². The van der Waals surface area contributed by atoms with E-state index in [1.54, 1.807) is 0 Å². The van der Waals surface area contributed by atoms with Crippen LogP contribution in [0.3, 0.4) is 0 Å². The van der Waals surface area contributed by atoms with E-state index in [9.17, 15) is 0 Å². The highest BCUT2D eigenvalue weighted by molar-refractivity contribution is 4.84. The zero-order chi connectivity index (χ0) is 13.4. The third-order valence-electron chi connectivity index (χ3n) is 4.41. The average molecular weight is 236 g/mol. The van der Waals surface area contributed by atoms with E-state index in [1.807, 2.05) is 0 Å². The summed E-state index contributed by atoms with van der Waals surface area (Å²) in [5, 5.41) is 0. The van der Waals surface area contributed by atoms with Gasteiger partial charge in [-0.2, -0.15) is 0 Å². The quantitative estimate of drug-likeness (QED) is 0.474. The van der Waals surface area contributed by atoms with Crippen molar-refractivity contribution in [3.05, 3.63) is 18.4 Å². The first-order chi connectivity index (χ1) is 7.92. The van der Waals surface area contributed by atoms with Crippen LogP contribution in [0.15, 0.2) is 18.4 Å². The molecule has 0 heterocycles. The summed E-state index contributed by atoms with van der Waals surface area (Å²) < 4.78 is 0. The second-order valence-corrected chi connectivity index (χ2v) is 6.15. The third-order valence-corrected chi connectivity index (χ3v) is 4.41. The van der Waals surface area contributed by atoms with Gasteiger partial charge in [-0.15, -0.1) is 5.73 Å². The van der Waals surface area contributed by atoms with Crippen molar-refractivity contribution in [3.8, 4) is 0 Å². The molecule has 0 nitrogen and oxygen atoms in total. The molecule has 0 aromatic heterocycles. The van der Waals surface area contributed by atoms with Gasteiger partial charge in [0, 0.05) is 0 Å². The fourth-order valence-electron chi connectivity index (χ4n) is 2.65. The lowest BCUT2D eigenvalue weighted by atomic mass is 9.77. The van der Waals surface area contributed by atoms with E-state index in [2.05, 4.69) is 59.9 Å². The maximum Gasteiger partial charge on any atom is -0.0183 e. The van der Waals surface area contributed by atoms with Gasteiger partial charge in [0.15, 0.2) is 0 Å². The lowest BCUT2D eigenvalue weighted by molar-refractivity contribution is 0.219. The first-order valence-corrected chi connectivity index (χ1v) is 7.28. The van der Waals surface area contributed by atoms with Crippen molar-refractivity contribution in [3.63, 3.8) is 0 Å². The predicted octanol–water partition coefficient (Wildman–Crippen LogP) is 5.70. The Kier molecular flexibility index (Phi) is 8.35. The van der Waals surface area contributed by atoms with Crippen molar-refractivity contribution in [1.82, 2.24) is 0 Å². The number of allylic oxidation sites excluding steroid dienone is 1. The predicted molar refractivity (Wildman–Crippen MR) is 79.1 cm³/mol.